The van der Waals surface area contributed by atoms with Gasteiger partial charge >= 0.3 is 0 Å². The van der Waals surface area contributed by atoms with Crippen molar-refractivity contribution in [2.75, 3.05) is 0 Å². The highest BCUT2D eigenvalue weighted by Gasteiger charge is 2.12. The summed E-state index contributed by atoms with van der Waals surface area (Å²) in [5.41, 5.74) is 1.86. The highest BCUT2D eigenvalue weighted by atomic mass is 32.2. The largest absolute Gasteiger partial charge is 0.206 e. The number of nitrogens with zero attached hydrogens (tertiary/aromatic N) is 1. The van der Waals surface area contributed by atoms with Crippen LogP contribution in [0, 0.1) is 40.0 Å². The Morgan fingerprint density at radius 1 is 1.00 bits per heavy atom. The molecule has 0 atom stereocenters. The summed E-state index contributed by atoms with van der Waals surface area (Å²) in [5, 5.41) is 10.2. The fraction of sp³-hybridized carbons (Fsp3) is 0.318. The summed E-state index contributed by atoms with van der Waals surface area (Å²) in [6, 6.07) is 5.67. The smallest absolute Gasteiger partial charge is 0.142 e. The minimum absolute atomic E-state index is 0.141. The second-order valence-corrected chi connectivity index (χ2v) is 6.88. The Balaban J connectivity index is 2.33. The van der Waals surface area contributed by atoms with E-state index in [1.165, 1.54) is 0 Å². The monoisotopic (exact) mass is 387 g/mol. The third-order valence-electron chi connectivity index (χ3n) is 4.21. The molecule has 5 heteroatoms. The normalized spacial score (nSPS) is 10.2. The number of halogens is 3. The molecule has 27 heavy (non-hydrogen) atoms. The van der Waals surface area contributed by atoms with Crippen LogP contribution in [0.2, 0.25) is 0 Å². The first-order valence-corrected chi connectivity index (χ1v) is 9.70. The van der Waals surface area contributed by atoms with Crippen molar-refractivity contribution in [3.8, 4) is 17.2 Å². The number of hydrogen-bond acceptors (Lipinski definition) is 2. The number of nitriles is 1. The molecule has 0 fully saturated rings. The van der Waals surface area contributed by atoms with E-state index in [4.69, 9.17) is 5.26 Å². The first-order valence-electron chi connectivity index (χ1n) is 8.89. The first kappa shape index (κ1) is 20.9. The molecule has 0 saturated carbocycles. The Morgan fingerprint density at radius 2 is 1.70 bits per heavy atom. The maximum Gasteiger partial charge on any atom is 0.142 e. The van der Waals surface area contributed by atoms with Gasteiger partial charge in [-0.25, -0.2) is 13.2 Å². The molecule has 0 aromatic heterocycles. The van der Waals surface area contributed by atoms with Crippen LogP contribution in [0.3, 0.4) is 0 Å². The molecule has 0 radical (unpaired) electrons. The van der Waals surface area contributed by atoms with E-state index in [1.807, 2.05) is 6.92 Å². The molecule has 0 N–H and O–H groups in total. The number of benzene rings is 2. The molecular weight excluding hydrogens is 367 g/mol. The minimum Gasteiger partial charge on any atom is -0.206 e. The van der Waals surface area contributed by atoms with Crippen molar-refractivity contribution in [1.29, 1.82) is 5.26 Å². The number of aryl methyl sites for hydroxylation is 1. The van der Waals surface area contributed by atoms with Crippen LogP contribution in [0.4, 0.5) is 13.2 Å². The molecule has 2 rings (SSSR count). The molecule has 0 aliphatic rings. The maximum absolute atomic E-state index is 14.7. The minimum atomic E-state index is -0.834. The van der Waals surface area contributed by atoms with Crippen LogP contribution < -0.4 is 0 Å². The lowest BCUT2D eigenvalue weighted by Gasteiger charge is -2.09. The highest BCUT2D eigenvalue weighted by molar-refractivity contribution is 8.03. The van der Waals surface area contributed by atoms with Crippen molar-refractivity contribution < 1.29 is 13.2 Å². The quantitative estimate of drug-likeness (QED) is 0.249. The molecule has 140 valence electrons. The van der Waals surface area contributed by atoms with Gasteiger partial charge in [0, 0.05) is 16.7 Å². The van der Waals surface area contributed by atoms with Gasteiger partial charge in [-0.1, -0.05) is 44.6 Å². The van der Waals surface area contributed by atoms with Crippen molar-refractivity contribution in [3.63, 3.8) is 0 Å². The van der Waals surface area contributed by atoms with Crippen LogP contribution in [0.25, 0.3) is 0 Å². The second kappa shape index (κ2) is 10.1. The van der Waals surface area contributed by atoms with Crippen molar-refractivity contribution in [1.82, 2.24) is 0 Å². The zero-order chi connectivity index (χ0) is 19.8. The summed E-state index contributed by atoms with van der Waals surface area (Å²) in [5.74, 6) is 3.62. The Kier molecular flexibility index (Phi) is 7.82. The van der Waals surface area contributed by atoms with Gasteiger partial charge in [0.05, 0.1) is 4.90 Å². The number of thiocyanates is 1. The lowest BCUT2D eigenvalue weighted by Crippen LogP contribution is -2.00. The number of hydrogen-bond donors (Lipinski definition) is 0. The molecule has 0 unspecified atom stereocenters. The van der Waals surface area contributed by atoms with E-state index in [9.17, 15) is 13.2 Å². The summed E-state index contributed by atoms with van der Waals surface area (Å²) < 4.78 is 42.5. The van der Waals surface area contributed by atoms with Crippen LogP contribution in [0.15, 0.2) is 29.2 Å². The van der Waals surface area contributed by atoms with Crippen LogP contribution in [-0.2, 0) is 12.8 Å². The molecule has 0 saturated heterocycles. The van der Waals surface area contributed by atoms with Gasteiger partial charge in [-0.2, -0.15) is 5.26 Å². The van der Waals surface area contributed by atoms with E-state index in [1.54, 1.807) is 17.5 Å². The van der Waals surface area contributed by atoms with Crippen LogP contribution in [0.5, 0.6) is 0 Å². The van der Waals surface area contributed by atoms with Crippen molar-refractivity contribution in [3.05, 3.63) is 64.0 Å². The Labute approximate surface area is 162 Å². The van der Waals surface area contributed by atoms with Gasteiger partial charge in [-0.05, 0) is 54.8 Å². The lowest BCUT2D eigenvalue weighted by molar-refractivity contribution is 0.540. The van der Waals surface area contributed by atoms with Crippen LogP contribution >= 0.6 is 11.8 Å². The van der Waals surface area contributed by atoms with Gasteiger partial charge in [-0.15, -0.1) is 0 Å². The topological polar surface area (TPSA) is 23.8 Å². The maximum atomic E-state index is 14.7. The number of unbranched alkanes of at least 4 members (excludes halogenated alkanes) is 2. The van der Waals surface area contributed by atoms with Crippen molar-refractivity contribution in [2.24, 2.45) is 0 Å². The molecular formula is C22H20F3NS. The van der Waals surface area contributed by atoms with Gasteiger partial charge in [0.15, 0.2) is 0 Å². The predicted octanol–water partition coefficient (Wildman–Crippen LogP) is 6.37. The van der Waals surface area contributed by atoms with Gasteiger partial charge in [-0.3, -0.25) is 0 Å². The van der Waals surface area contributed by atoms with Crippen LogP contribution in [0.1, 0.15) is 55.4 Å². The second-order valence-electron chi connectivity index (χ2n) is 6.09. The van der Waals surface area contributed by atoms with Gasteiger partial charge in [0.2, 0.25) is 0 Å². The third kappa shape index (κ3) is 5.31. The Morgan fingerprint density at radius 3 is 2.30 bits per heavy atom. The van der Waals surface area contributed by atoms with E-state index >= 15 is 0 Å². The van der Waals surface area contributed by atoms with Crippen molar-refractivity contribution >= 4 is 11.8 Å². The predicted molar refractivity (Wildman–Crippen MR) is 103 cm³/mol. The van der Waals surface area contributed by atoms with Crippen molar-refractivity contribution in [2.45, 2.75) is 50.8 Å². The van der Waals surface area contributed by atoms with Gasteiger partial charge in [0.25, 0.3) is 0 Å². The fourth-order valence-electron chi connectivity index (χ4n) is 2.81. The zero-order valence-corrected chi connectivity index (χ0v) is 16.2. The van der Waals surface area contributed by atoms with Gasteiger partial charge in [0.1, 0.15) is 22.9 Å². The molecule has 2 aromatic carbocycles. The molecule has 0 amide bonds. The van der Waals surface area contributed by atoms with E-state index in [-0.39, 0.29) is 16.3 Å². The number of rotatable bonds is 6. The molecule has 1 nitrogen and oxygen atoms in total. The third-order valence-corrected chi connectivity index (χ3v) is 4.90. The summed E-state index contributed by atoms with van der Waals surface area (Å²) in [6.45, 7) is 3.95. The lowest BCUT2D eigenvalue weighted by atomic mass is 9.97. The molecule has 0 spiro atoms. The zero-order valence-electron chi connectivity index (χ0n) is 15.3. The molecule has 0 bridgehead atoms. The first-order chi connectivity index (χ1) is 13.0. The van der Waals surface area contributed by atoms with E-state index in [2.05, 4.69) is 18.8 Å². The summed E-state index contributed by atoms with van der Waals surface area (Å²) in [6.07, 6.45) is 4.24. The fourth-order valence-corrected chi connectivity index (χ4v) is 3.21. The average molecular weight is 387 g/mol. The average Bonchev–Trinajstić information content (AvgIpc) is 2.64. The molecule has 2 aromatic rings. The molecule has 0 aliphatic carbocycles. The Hall–Kier alpha value is -2.37. The summed E-state index contributed by atoms with van der Waals surface area (Å²) >= 11 is 0.427. The van der Waals surface area contributed by atoms with E-state index in [0.29, 0.717) is 41.3 Å². The Bertz CT molecular complexity index is 897. The van der Waals surface area contributed by atoms with Crippen LogP contribution in [-0.4, -0.2) is 0 Å². The molecule has 0 aliphatic heterocycles. The highest BCUT2D eigenvalue weighted by Crippen LogP contribution is 2.25. The number of thioether (sulfide) groups is 1. The standard InChI is InChI=1S/C22H20F3NS/c1-3-5-6-7-17-11-10-16(18(4-2)21(17)25)9-8-15-12-19(23)22(27-14-26)20(24)13-15/h10-13H,3-7H2,1-2H3. The van der Waals surface area contributed by atoms with E-state index in [0.717, 1.165) is 31.4 Å². The molecule has 0 heterocycles. The summed E-state index contributed by atoms with van der Waals surface area (Å²) in [4.78, 5) is -0.347. The summed E-state index contributed by atoms with van der Waals surface area (Å²) in [7, 11) is 0. The van der Waals surface area contributed by atoms with Gasteiger partial charge < -0.3 is 0 Å². The SMILES string of the molecule is CCCCCc1ccc(C#Cc2cc(F)c(SC#N)c(F)c2)c(CC)c1F. The van der Waals surface area contributed by atoms with E-state index < -0.39 is 11.6 Å².